The van der Waals surface area contributed by atoms with Gasteiger partial charge in [-0.1, -0.05) is 13.8 Å². The van der Waals surface area contributed by atoms with Crippen LogP contribution in [0.2, 0.25) is 0 Å². The summed E-state index contributed by atoms with van der Waals surface area (Å²) in [5.74, 6) is -0.981. The van der Waals surface area contributed by atoms with Crippen molar-refractivity contribution in [1.82, 2.24) is 10.3 Å². The Hall–Kier alpha value is -1.47. The lowest BCUT2D eigenvalue weighted by atomic mass is 9.84. The summed E-state index contributed by atoms with van der Waals surface area (Å²) in [6.07, 6.45) is 2.15. The molecule has 1 amide bonds. The van der Waals surface area contributed by atoms with E-state index in [0.29, 0.717) is 31.6 Å². The number of hydrogen-bond acceptors (Lipinski definition) is 5. The van der Waals surface area contributed by atoms with E-state index in [2.05, 4.69) is 10.3 Å². The third kappa shape index (κ3) is 6.68. The maximum Gasteiger partial charge on any atom is 0.303 e. The van der Waals surface area contributed by atoms with Crippen LogP contribution < -0.4 is 11.1 Å². The quantitative estimate of drug-likeness (QED) is 0.643. The van der Waals surface area contributed by atoms with E-state index >= 15 is 0 Å². The van der Waals surface area contributed by atoms with Gasteiger partial charge in [0.1, 0.15) is 5.69 Å². The average Bonchev–Trinajstić information content (AvgIpc) is 2.85. The van der Waals surface area contributed by atoms with Crippen LogP contribution in [-0.2, 0) is 11.2 Å². The second-order valence-electron chi connectivity index (χ2n) is 5.73. The van der Waals surface area contributed by atoms with E-state index in [-0.39, 0.29) is 17.7 Å². The number of amides is 1. The molecule has 0 aromatic carbocycles. The summed E-state index contributed by atoms with van der Waals surface area (Å²) < 4.78 is 0. The topological polar surface area (TPSA) is 105 Å². The van der Waals surface area contributed by atoms with Crippen LogP contribution in [0.15, 0.2) is 5.38 Å². The molecule has 4 N–H and O–H groups in total. The lowest BCUT2D eigenvalue weighted by Gasteiger charge is -2.23. The van der Waals surface area contributed by atoms with Crippen LogP contribution in [0, 0.1) is 5.41 Å². The van der Waals surface area contributed by atoms with E-state index in [9.17, 15) is 9.59 Å². The zero-order valence-electron chi connectivity index (χ0n) is 12.5. The van der Waals surface area contributed by atoms with Gasteiger partial charge in [0.15, 0.2) is 0 Å². The summed E-state index contributed by atoms with van der Waals surface area (Å²) in [6, 6.07) is 0. The lowest BCUT2D eigenvalue weighted by Crippen LogP contribution is -2.28. The summed E-state index contributed by atoms with van der Waals surface area (Å²) in [7, 11) is 0. The minimum Gasteiger partial charge on any atom is -0.481 e. The molecular formula is C14H23N3O3S. The Balaban J connectivity index is 2.36. The second kappa shape index (κ2) is 8.09. The van der Waals surface area contributed by atoms with Crippen LogP contribution in [0.3, 0.4) is 0 Å². The van der Waals surface area contributed by atoms with Crippen LogP contribution >= 0.6 is 11.3 Å². The van der Waals surface area contributed by atoms with Crippen LogP contribution in [0.25, 0.3) is 0 Å². The van der Waals surface area contributed by atoms with Crippen molar-refractivity contribution >= 4 is 23.2 Å². The van der Waals surface area contributed by atoms with Crippen molar-refractivity contribution in [2.75, 3.05) is 13.1 Å². The van der Waals surface area contributed by atoms with Gasteiger partial charge in [0.05, 0.1) is 5.01 Å². The van der Waals surface area contributed by atoms with Gasteiger partial charge >= 0.3 is 5.97 Å². The molecule has 0 radical (unpaired) electrons. The van der Waals surface area contributed by atoms with Gasteiger partial charge in [0.25, 0.3) is 5.91 Å². The fourth-order valence-corrected chi connectivity index (χ4v) is 2.62. The number of nitrogens with two attached hydrogens (primary N) is 1. The molecule has 0 aliphatic carbocycles. The molecule has 21 heavy (non-hydrogen) atoms. The second-order valence-corrected chi connectivity index (χ2v) is 6.67. The fourth-order valence-electron chi connectivity index (χ4n) is 1.83. The number of carbonyl (C=O) groups is 2. The Morgan fingerprint density at radius 2 is 2.14 bits per heavy atom. The first kappa shape index (κ1) is 17.6. The first-order valence-corrected chi connectivity index (χ1v) is 7.86. The molecule has 0 fully saturated rings. The number of rotatable bonds is 9. The maximum atomic E-state index is 11.9. The number of thiazole rings is 1. The SMILES string of the molecule is CC(C)(CCNC(=O)c1csc(CCN)n1)CCC(=O)O. The first-order valence-electron chi connectivity index (χ1n) is 6.98. The van der Waals surface area contributed by atoms with Crippen molar-refractivity contribution in [2.24, 2.45) is 11.1 Å². The number of aliphatic carboxylic acids is 1. The highest BCUT2D eigenvalue weighted by atomic mass is 32.1. The molecule has 1 rings (SSSR count). The highest BCUT2D eigenvalue weighted by molar-refractivity contribution is 7.09. The number of nitrogens with zero attached hydrogens (tertiary/aromatic N) is 1. The van der Waals surface area contributed by atoms with Gasteiger partial charge in [-0.2, -0.15) is 0 Å². The van der Waals surface area contributed by atoms with Gasteiger partial charge in [-0.25, -0.2) is 4.98 Å². The molecule has 0 bridgehead atoms. The van der Waals surface area contributed by atoms with Crippen LogP contribution in [-0.4, -0.2) is 35.1 Å². The van der Waals surface area contributed by atoms with Gasteiger partial charge in [0, 0.05) is 24.8 Å². The van der Waals surface area contributed by atoms with Gasteiger partial charge in [0.2, 0.25) is 0 Å². The maximum absolute atomic E-state index is 11.9. The smallest absolute Gasteiger partial charge is 0.303 e. The van der Waals surface area contributed by atoms with Crippen molar-refractivity contribution in [2.45, 2.75) is 39.5 Å². The molecule has 0 unspecified atom stereocenters. The molecule has 118 valence electrons. The predicted molar refractivity (Wildman–Crippen MR) is 82.5 cm³/mol. The minimum absolute atomic E-state index is 0.113. The van der Waals surface area contributed by atoms with Crippen molar-refractivity contribution in [3.8, 4) is 0 Å². The molecule has 0 spiro atoms. The Labute approximate surface area is 128 Å². The summed E-state index contributed by atoms with van der Waals surface area (Å²) >= 11 is 1.44. The van der Waals surface area contributed by atoms with E-state index in [4.69, 9.17) is 10.8 Å². The zero-order valence-corrected chi connectivity index (χ0v) is 13.3. The Morgan fingerprint density at radius 3 is 2.76 bits per heavy atom. The number of carboxylic acids is 1. The molecule has 7 heteroatoms. The summed E-state index contributed by atoms with van der Waals surface area (Å²) in [6.45, 7) is 5.04. The summed E-state index contributed by atoms with van der Waals surface area (Å²) in [5.41, 5.74) is 5.76. The van der Waals surface area contributed by atoms with Crippen molar-refractivity contribution in [3.05, 3.63) is 16.1 Å². The molecule has 0 atom stereocenters. The number of nitrogens with one attached hydrogen (secondary N) is 1. The van der Waals surface area contributed by atoms with Crippen molar-refractivity contribution in [3.63, 3.8) is 0 Å². The van der Waals surface area contributed by atoms with E-state index in [1.807, 2.05) is 13.8 Å². The highest BCUT2D eigenvalue weighted by Gasteiger charge is 2.19. The third-order valence-corrected chi connectivity index (χ3v) is 4.15. The molecule has 0 aliphatic rings. The van der Waals surface area contributed by atoms with Crippen molar-refractivity contribution in [1.29, 1.82) is 0 Å². The normalized spacial score (nSPS) is 11.4. The number of hydrogen-bond donors (Lipinski definition) is 3. The van der Waals surface area contributed by atoms with E-state index in [0.717, 1.165) is 11.4 Å². The predicted octanol–water partition coefficient (Wildman–Crippen LogP) is 1.66. The Morgan fingerprint density at radius 1 is 1.43 bits per heavy atom. The van der Waals surface area contributed by atoms with Gasteiger partial charge in [-0.05, 0) is 24.8 Å². The Bertz CT molecular complexity index is 486. The molecule has 6 nitrogen and oxygen atoms in total. The highest BCUT2D eigenvalue weighted by Crippen LogP contribution is 2.26. The molecule has 1 aromatic heterocycles. The van der Waals surface area contributed by atoms with Gasteiger partial charge < -0.3 is 16.2 Å². The van der Waals surface area contributed by atoms with Crippen molar-refractivity contribution < 1.29 is 14.7 Å². The number of aromatic nitrogens is 1. The van der Waals surface area contributed by atoms with E-state index in [1.54, 1.807) is 5.38 Å². The van der Waals surface area contributed by atoms with Gasteiger partial charge in [-0.15, -0.1) is 11.3 Å². The minimum atomic E-state index is -0.790. The molecular weight excluding hydrogens is 290 g/mol. The summed E-state index contributed by atoms with van der Waals surface area (Å²) in [4.78, 5) is 26.7. The van der Waals surface area contributed by atoms with E-state index in [1.165, 1.54) is 11.3 Å². The van der Waals surface area contributed by atoms with E-state index < -0.39 is 5.97 Å². The van der Waals surface area contributed by atoms with Crippen LogP contribution in [0.5, 0.6) is 0 Å². The lowest BCUT2D eigenvalue weighted by molar-refractivity contribution is -0.137. The number of carbonyl (C=O) groups excluding carboxylic acids is 1. The molecule has 1 heterocycles. The molecule has 0 saturated carbocycles. The number of carboxylic acid groups (broad SMARTS) is 1. The van der Waals surface area contributed by atoms with Crippen LogP contribution in [0.4, 0.5) is 0 Å². The molecule has 1 aromatic rings. The third-order valence-electron chi connectivity index (χ3n) is 3.25. The Kier molecular flexibility index (Phi) is 6.77. The molecule has 0 aliphatic heterocycles. The first-order chi connectivity index (χ1) is 9.84. The zero-order chi connectivity index (χ0) is 15.9. The largest absolute Gasteiger partial charge is 0.481 e. The van der Waals surface area contributed by atoms with Crippen LogP contribution in [0.1, 0.15) is 48.6 Å². The molecule has 0 saturated heterocycles. The monoisotopic (exact) mass is 313 g/mol. The fraction of sp³-hybridized carbons (Fsp3) is 0.643. The summed E-state index contributed by atoms with van der Waals surface area (Å²) in [5, 5.41) is 14.1. The van der Waals surface area contributed by atoms with Gasteiger partial charge in [-0.3, -0.25) is 9.59 Å². The average molecular weight is 313 g/mol. The standard InChI is InChI=1S/C14H23N3O3S/c1-14(2,5-3-12(18)19)6-8-16-13(20)10-9-21-11(17-10)4-7-15/h9H,3-8,15H2,1-2H3,(H,16,20)(H,18,19).